The fraction of sp³-hybridized carbons (Fsp3) is 0.407. The number of amides is 1. The van der Waals surface area contributed by atoms with E-state index in [2.05, 4.69) is 65.5 Å². The third-order valence-electron chi connectivity index (χ3n) is 6.89. The van der Waals surface area contributed by atoms with E-state index in [-0.39, 0.29) is 22.6 Å². The number of pyridine rings is 1. The van der Waals surface area contributed by atoms with Crippen molar-refractivity contribution < 1.29 is 9.18 Å². The zero-order valence-electron chi connectivity index (χ0n) is 21.6. The summed E-state index contributed by atoms with van der Waals surface area (Å²) in [4.78, 5) is 19.7. The Hall–Kier alpha value is -3.59. The minimum atomic E-state index is -0.504. The van der Waals surface area contributed by atoms with Crippen LogP contribution in [0.4, 0.5) is 15.8 Å². The van der Waals surface area contributed by atoms with Gasteiger partial charge in [0.05, 0.1) is 23.1 Å². The molecule has 0 bridgehead atoms. The van der Waals surface area contributed by atoms with Crippen LogP contribution in [0.15, 0.2) is 42.9 Å². The molecule has 1 aliphatic heterocycles. The van der Waals surface area contributed by atoms with Gasteiger partial charge in [0, 0.05) is 53.7 Å². The number of carbonyl (C=O) groups is 1. The maximum absolute atomic E-state index is 14.5. The fourth-order valence-corrected chi connectivity index (χ4v) is 5.74. The van der Waals surface area contributed by atoms with Crippen molar-refractivity contribution in [1.82, 2.24) is 24.9 Å². The summed E-state index contributed by atoms with van der Waals surface area (Å²) in [6, 6.07) is 7.20. The first-order valence-electron chi connectivity index (χ1n) is 12.2. The first-order valence-corrected chi connectivity index (χ1v) is 12.2. The number of piperidine rings is 1. The Bertz CT molecular complexity index is 1460. The van der Waals surface area contributed by atoms with Crippen molar-refractivity contribution in [3.05, 3.63) is 59.9 Å². The molecular formula is C27H32FN7O. The summed E-state index contributed by atoms with van der Waals surface area (Å²) in [7, 11) is 2.10. The number of aryl methyl sites for hydroxylation is 1. The van der Waals surface area contributed by atoms with E-state index in [0.29, 0.717) is 28.5 Å². The van der Waals surface area contributed by atoms with Gasteiger partial charge in [-0.2, -0.15) is 5.10 Å². The van der Waals surface area contributed by atoms with Gasteiger partial charge in [0.15, 0.2) is 11.5 Å². The molecular weight excluding hydrogens is 457 g/mol. The minimum absolute atomic E-state index is 0.000265. The topological polar surface area (TPSA) is 87.5 Å². The molecule has 0 atom stereocenters. The van der Waals surface area contributed by atoms with Crippen LogP contribution in [0.3, 0.4) is 0 Å². The highest BCUT2D eigenvalue weighted by Gasteiger charge is 2.39. The zero-order valence-corrected chi connectivity index (χ0v) is 21.6. The van der Waals surface area contributed by atoms with Crippen molar-refractivity contribution in [2.24, 2.45) is 0 Å². The van der Waals surface area contributed by atoms with Crippen LogP contribution in [-0.4, -0.2) is 49.7 Å². The molecule has 0 unspecified atom stereocenters. The minimum Gasteiger partial charge on any atom is -0.371 e. The Balaban J connectivity index is 1.48. The summed E-state index contributed by atoms with van der Waals surface area (Å²) in [5.74, 6) is -0.884. The quantitative estimate of drug-likeness (QED) is 0.431. The van der Waals surface area contributed by atoms with Crippen LogP contribution < -0.4 is 15.5 Å². The largest absolute Gasteiger partial charge is 0.371 e. The molecule has 1 amide bonds. The number of halogens is 1. The summed E-state index contributed by atoms with van der Waals surface area (Å²) in [5, 5.41) is 15.8. The molecule has 8 nitrogen and oxygen atoms in total. The number of hydrogen-bond donors (Lipinski definition) is 2. The SMILES string of the molecule is Cc1cn2cc(NC(=O)c3ccc(N(C)C4CC(C)(C)NC(C)(C)C4)c4ccnnc34)cc(F)c2n1. The fourth-order valence-electron chi connectivity index (χ4n) is 5.74. The highest BCUT2D eigenvalue weighted by Crippen LogP contribution is 2.36. The molecule has 9 heteroatoms. The van der Waals surface area contributed by atoms with Gasteiger partial charge in [-0.25, -0.2) is 9.37 Å². The number of imidazole rings is 1. The number of benzene rings is 1. The Kier molecular flexibility index (Phi) is 5.70. The van der Waals surface area contributed by atoms with Gasteiger partial charge >= 0.3 is 0 Å². The molecule has 4 heterocycles. The van der Waals surface area contributed by atoms with E-state index in [1.807, 2.05) is 12.1 Å². The normalized spacial score (nSPS) is 17.4. The van der Waals surface area contributed by atoms with Crippen LogP contribution in [0.5, 0.6) is 0 Å². The van der Waals surface area contributed by atoms with E-state index in [1.54, 1.807) is 36.0 Å². The van der Waals surface area contributed by atoms with Crippen molar-refractivity contribution in [3.63, 3.8) is 0 Å². The lowest BCUT2D eigenvalue weighted by atomic mass is 9.79. The molecule has 0 aliphatic carbocycles. The third kappa shape index (κ3) is 4.51. The second kappa shape index (κ2) is 8.51. The average Bonchev–Trinajstić information content (AvgIpc) is 3.16. The number of nitrogens with zero attached hydrogens (tertiary/aromatic N) is 5. The number of rotatable bonds is 4. The predicted molar refractivity (Wildman–Crippen MR) is 140 cm³/mol. The lowest BCUT2D eigenvalue weighted by molar-refractivity contribution is 0.102. The van der Waals surface area contributed by atoms with Crippen molar-refractivity contribution in [2.45, 2.75) is 64.6 Å². The predicted octanol–water partition coefficient (Wildman–Crippen LogP) is 4.72. The van der Waals surface area contributed by atoms with Crippen LogP contribution in [0.25, 0.3) is 16.6 Å². The van der Waals surface area contributed by atoms with Crippen LogP contribution in [0.2, 0.25) is 0 Å². The molecule has 1 aliphatic rings. The Morgan fingerprint density at radius 1 is 1.17 bits per heavy atom. The number of aromatic nitrogens is 4. The summed E-state index contributed by atoms with van der Waals surface area (Å²) in [5.41, 5.74) is 3.13. The molecule has 3 aromatic heterocycles. The van der Waals surface area contributed by atoms with Crippen molar-refractivity contribution in [2.75, 3.05) is 17.3 Å². The van der Waals surface area contributed by atoms with E-state index in [4.69, 9.17) is 0 Å². The van der Waals surface area contributed by atoms with Gasteiger partial charge in [-0.3, -0.25) is 4.79 Å². The second-order valence-electron chi connectivity index (χ2n) is 11.1. The molecule has 5 rings (SSSR count). The number of hydrogen-bond acceptors (Lipinski definition) is 6. The van der Waals surface area contributed by atoms with Gasteiger partial charge in [-0.15, -0.1) is 5.10 Å². The first-order chi connectivity index (χ1) is 16.9. The van der Waals surface area contributed by atoms with Crippen LogP contribution >= 0.6 is 0 Å². The molecule has 1 aromatic carbocycles. The van der Waals surface area contributed by atoms with Gasteiger partial charge in [0.2, 0.25) is 0 Å². The van der Waals surface area contributed by atoms with Crippen LogP contribution in [-0.2, 0) is 0 Å². The molecule has 0 radical (unpaired) electrons. The Morgan fingerprint density at radius 3 is 2.61 bits per heavy atom. The standard InChI is InChI=1S/C27H32FN7O/c1-16-14-35-15-17(11-21(28)24(35)30-16)31-25(36)20-7-8-22(19-9-10-29-32-23(19)20)34(6)18-12-26(2,3)33-27(4,5)13-18/h7-11,14-15,18,33H,12-13H2,1-6H3,(H,31,36). The molecule has 2 N–H and O–H groups in total. The Morgan fingerprint density at radius 2 is 1.89 bits per heavy atom. The molecule has 1 fully saturated rings. The lowest BCUT2D eigenvalue weighted by Gasteiger charge is -2.49. The van der Waals surface area contributed by atoms with E-state index in [0.717, 1.165) is 23.9 Å². The molecule has 1 saturated heterocycles. The summed E-state index contributed by atoms with van der Waals surface area (Å²) in [6.45, 7) is 10.7. The van der Waals surface area contributed by atoms with Crippen LogP contribution in [0, 0.1) is 12.7 Å². The van der Waals surface area contributed by atoms with E-state index >= 15 is 0 Å². The highest BCUT2D eigenvalue weighted by atomic mass is 19.1. The van der Waals surface area contributed by atoms with Gasteiger partial charge in [-0.05, 0) is 65.7 Å². The van der Waals surface area contributed by atoms with Crippen molar-refractivity contribution in [1.29, 1.82) is 0 Å². The molecule has 36 heavy (non-hydrogen) atoms. The summed E-state index contributed by atoms with van der Waals surface area (Å²) < 4.78 is 16.1. The molecule has 188 valence electrons. The maximum atomic E-state index is 14.5. The molecule has 0 saturated carbocycles. The first kappa shape index (κ1) is 24.1. The van der Waals surface area contributed by atoms with Crippen LogP contribution in [0.1, 0.15) is 56.6 Å². The van der Waals surface area contributed by atoms with Crippen molar-refractivity contribution in [3.8, 4) is 0 Å². The maximum Gasteiger partial charge on any atom is 0.257 e. The summed E-state index contributed by atoms with van der Waals surface area (Å²) >= 11 is 0. The highest BCUT2D eigenvalue weighted by molar-refractivity contribution is 6.13. The second-order valence-corrected chi connectivity index (χ2v) is 11.1. The number of nitrogens with one attached hydrogen (secondary N) is 2. The number of carbonyl (C=O) groups excluding carboxylic acids is 1. The smallest absolute Gasteiger partial charge is 0.257 e. The lowest BCUT2D eigenvalue weighted by Crippen LogP contribution is -2.61. The molecule has 0 spiro atoms. The van der Waals surface area contributed by atoms with E-state index in [1.165, 1.54) is 6.07 Å². The molecule has 4 aromatic rings. The number of anilines is 2. The summed E-state index contributed by atoms with van der Waals surface area (Å²) in [6.07, 6.45) is 6.96. The third-order valence-corrected chi connectivity index (χ3v) is 6.89. The van der Waals surface area contributed by atoms with Gasteiger partial charge < -0.3 is 19.9 Å². The van der Waals surface area contributed by atoms with E-state index in [9.17, 15) is 9.18 Å². The number of fused-ring (bicyclic) bond motifs is 2. The van der Waals surface area contributed by atoms with Gasteiger partial charge in [-0.1, -0.05) is 0 Å². The monoisotopic (exact) mass is 489 g/mol. The van der Waals surface area contributed by atoms with Gasteiger partial charge in [0.25, 0.3) is 5.91 Å². The zero-order chi connectivity index (χ0) is 25.8. The Labute approximate surface area is 209 Å². The average molecular weight is 490 g/mol. The van der Waals surface area contributed by atoms with Crippen molar-refractivity contribution >= 4 is 33.8 Å². The van der Waals surface area contributed by atoms with Gasteiger partial charge in [0.1, 0.15) is 5.52 Å². The van der Waals surface area contributed by atoms with E-state index < -0.39 is 5.82 Å².